The maximum absolute atomic E-state index is 12.4. The second-order valence-corrected chi connectivity index (χ2v) is 8.41. The van der Waals surface area contributed by atoms with Crippen LogP contribution in [0.3, 0.4) is 0 Å². The first-order valence-electron chi connectivity index (χ1n) is 9.23. The Bertz CT molecular complexity index is 956. The van der Waals surface area contributed by atoms with Crippen LogP contribution in [-0.4, -0.2) is 34.8 Å². The summed E-state index contributed by atoms with van der Waals surface area (Å²) >= 11 is 0. The Hall–Kier alpha value is -2.39. The van der Waals surface area contributed by atoms with E-state index in [2.05, 4.69) is 16.0 Å². The fourth-order valence-electron chi connectivity index (χ4n) is 3.90. The summed E-state index contributed by atoms with van der Waals surface area (Å²) in [4.78, 5) is 22.1. The van der Waals surface area contributed by atoms with Crippen molar-refractivity contribution in [2.75, 3.05) is 24.6 Å². The molecule has 0 aromatic carbocycles. The van der Waals surface area contributed by atoms with Gasteiger partial charge in [-0.15, -0.1) is 0 Å². The van der Waals surface area contributed by atoms with Crippen LogP contribution in [0, 0.1) is 16.7 Å². The van der Waals surface area contributed by atoms with E-state index in [0.717, 1.165) is 31.6 Å². The van der Waals surface area contributed by atoms with Crippen molar-refractivity contribution in [2.45, 2.75) is 44.9 Å². The molecule has 2 aromatic heterocycles. The number of rotatable bonds is 3. The molecule has 1 saturated heterocycles. The van der Waals surface area contributed by atoms with Gasteiger partial charge in [0.2, 0.25) is 0 Å². The van der Waals surface area contributed by atoms with Crippen molar-refractivity contribution >= 4 is 16.7 Å². The normalized spacial score (nSPS) is 18.9. The zero-order valence-electron chi connectivity index (χ0n) is 15.3. The van der Waals surface area contributed by atoms with Crippen LogP contribution in [0.1, 0.15) is 50.8 Å². The highest BCUT2D eigenvalue weighted by atomic mass is 16.3. The number of H-pyrrole nitrogens is 1. The van der Waals surface area contributed by atoms with Gasteiger partial charge in [-0.3, -0.25) is 4.79 Å². The molecule has 2 aliphatic rings. The van der Waals surface area contributed by atoms with Crippen LogP contribution in [-0.2, 0) is 5.41 Å². The van der Waals surface area contributed by atoms with Crippen molar-refractivity contribution in [1.82, 2.24) is 9.97 Å². The van der Waals surface area contributed by atoms with Gasteiger partial charge >= 0.3 is 0 Å². The summed E-state index contributed by atoms with van der Waals surface area (Å²) < 4.78 is 0. The highest BCUT2D eigenvalue weighted by molar-refractivity contribution is 5.91. The molecule has 6 nitrogen and oxygen atoms in total. The fraction of sp³-hybridized carbons (Fsp3) is 0.550. The van der Waals surface area contributed by atoms with Gasteiger partial charge in [-0.05, 0) is 43.2 Å². The highest BCUT2D eigenvalue weighted by Gasteiger charge is 2.45. The number of piperidine rings is 1. The van der Waals surface area contributed by atoms with Crippen LogP contribution >= 0.6 is 0 Å². The van der Waals surface area contributed by atoms with Crippen LogP contribution in [0.15, 0.2) is 16.9 Å². The Morgan fingerprint density at radius 2 is 2.00 bits per heavy atom. The zero-order chi connectivity index (χ0) is 18.5. The number of anilines is 1. The van der Waals surface area contributed by atoms with Crippen molar-refractivity contribution in [3.63, 3.8) is 0 Å². The molecule has 2 aromatic rings. The SMILES string of the molecule is CC(C)(CO)c1ccc2[nH]c(=O)c(C#N)c(N3CCC4(CC3)CC4)c2n1. The first-order valence-corrected chi connectivity index (χ1v) is 9.23. The molecule has 2 N–H and O–H groups in total. The number of pyridine rings is 2. The third kappa shape index (κ3) is 2.67. The largest absolute Gasteiger partial charge is 0.395 e. The number of nitrogens with zero attached hydrogens (tertiary/aromatic N) is 3. The minimum Gasteiger partial charge on any atom is -0.395 e. The average Bonchev–Trinajstić information content (AvgIpc) is 3.40. The van der Waals surface area contributed by atoms with Crippen LogP contribution in [0.4, 0.5) is 5.69 Å². The van der Waals surface area contributed by atoms with Gasteiger partial charge in [0.05, 0.1) is 17.8 Å². The number of aromatic amines is 1. The van der Waals surface area contributed by atoms with E-state index in [1.54, 1.807) is 0 Å². The van der Waals surface area contributed by atoms with Gasteiger partial charge in [-0.1, -0.05) is 13.8 Å². The molecule has 0 radical (unpaired) electrons. The summed E-state index contributed by atoms with van der Waals surface area (Å²) in [6, 6.07) is 5.75. The smallest absolute Gasteiger partial charge is 0.268 e. The minimum atomic E-state index is -0.492. The van der Waals surface area contributed by atoms with Gasteiger partial charge < -0.3 is 15.0 Å². The zero-order valence-corrected chi connectivity index (χ0v) is 15.3. The molecule has 0 amide bonds. The third-order valence-corrected chi connectivity index (χ3v) is 6.13. The van der Waals surface area contributed by atoms with Crippen LogP contribution in [0.2, 0.25) is 0 Å². The van der Waals surface area contributed by atoms with Crippen molar-refractivity contribution in [1.29, 1.82) is 5.26 Å². The monoisotopic (exact) mass is 352 g/mol. The van der Waals surface area contributed by atoms with E-state index in [-0.39, 0.29) is 17.7 Å². The Kier molecular flexibility index (Phi) is 3.81. The lowest BCUT2D eigenvalue weighted by molar-refractivity contribution is 0.215. The van der Waals surface area contributed by atoms with Gasteiger partial charge in [-0.2, -0.15) is 5.26 Å². The molecule has 136 valence electrons. The van der Waals surface area contributed by atoms with Gasteiger partial charge in [0.25, 0.3) is 5.56 Å². The fourth-order valence-corrected chi connectivity index (χ4v) is 3.90. The van der Waals surface area contributed by atoms with Crippen molar-refractivity contribution in [3.8, 4) is 6.07 Å². The van der Waals surface area contributed by atoms with Gasteiger partial charge in [-0.25, -0.2) is 4.98 Å². The topological polar surface area (TPSA) is 93.0 Å². The van der Waals surface area contributed by atoms with E-state index in [1.807, 2.05) is 26.0 Å². The summed E-state index contributed by atoms with van der Waals surface area (Å²) in [6.07, 6.45) is 4.81. The summed E-state index contributed by atoms with van der Waals surface area (Å²) in [5, 5.41) is 19.3. The van der Waals surface area contributed by atoms with Crippen molar-refractivity contribution < 1.29 is 5.11 Å². The van der Waals surface area contributed by atoms with Gasteiger partial charge in [0.1, 0.15) is 17.1 Å². The molecule has 2 fully saturated rings. The Morgan fingerprint density at radius 3 is 2.58 bits per heavy atom. The first kappa shape index (κ1) is 17.0. The Morgan fingerprint density at radius 1 is 1.31 bits per heavy atom. The van der Waals surface area contributed by atoms with E-state index in [4.69, 9.17) is 4.98 Å². The first-order chi connectivity index (χ1) is 12.4. The maximum atomic E-state index is 12.4. The number of aromatic nitrogens is 2. The highest BCUT2D eigenvalue weighted by Crippen LogP contribution is 2.54. The lowest BCUT2D eigenvalue weighted by Crippen LogP contribution is -2.36. The molecular formula is C20H24N4O2. The number of aliphatic hydroxyl groups excluding tert-OH is 1. The van der Waals surface area contributed by atoms with Gasteiger partial charge in [0, 0.05) is 24.2 Å². The molecule has 1 aliphatic carbocycles. The second-order valence-electron chi connectivity index (χ2n) is 8.41. The summed E-state index contributed by atoms with van der Waals surface area (Å²) in [5.74, 6) is 0. The van der Waals surface area contributed by atoms with E-state index in [1.165, 1.54) is 12.8 Å². The standard InChI is InChI=1S/C20H24N4O2/c1-19(2,12-25)15-4-3-14-16(23-15)17(13(11-21)18(26)22-14)24-9-7-20(5-6-20)8-10-24/h3-4,25H,5-10,12H2,1-2H3,(H,22,26). The molecule has 0 unspecified atom stereocenters. The molecule has 0 bridgehead atoms. The second kappa shape index (κ2) is 5.82. The van der Waals surface area contributed by atoms with E-state index in [9.17, 15) is 15.2 Å². The number of aliphatic hydroxyl groups is 1. The average molecular weight is 352 g/mol. The third-order valence-electron chi connectivity index (χ3n) is 6.13. The predicted octanol–water partition coefficient (Wildman–Crippen LogP) is 2.45. The summed E-state index contributed by atoms with van der Waals surface area (Å²) in [6.45, 7) is 5.53. The van der Waals surface area contributed by atoms with E-state index in [0.29, 0.717) is 22.1 Å². The molecule has 0 atom stereocenters. The molecule has 3 heterocycles. The minimum absolute atomic E-state index is 0.0263. The molecule has 4 rings (SSSR count). The number of nitrogens with one attached hydrogen (secondary N) is 1. The van der Waals surface area contributed by atoms with Gasteiger partial charge in [0.15, 0.2) is 0 Å². The van der Waals surface area contributed by atoms with Crippen LogP contribution in [0.25, 0.3) is 11.0 Å². The molecule has 1 saturated carbocycles. The molecule has 26 heavy (non-hydrogen) atoms. The molecule has 6 heteroatoms. The van der Waals surface area contributed by atoms with Crippen molar-refractivity contribution in [3.05, 3.63) is 33.7 Å². The maximum Gasteiger partial charge on any atom is 0.268 e. The van der Waals surface area contributed by atoms with Crippen molar-refractivity contribution in [2.24, 2.45) is 5.41 Å². The Balaban J connectivity index is 1.88. The lowest BCUT2D eigenvalue weighted by atomic mass is 9.89. The summed E-state index contributed by atoms with van der Waals surface area (Å²) in [5.41, 5.74) is 2.47. The number of hydrogen-bond donors (Lipinski definition) is 2. The van der Waals surface area contributed by atoms with E-state index < -0.39 is 5.41 Å². The molecule has 1 aliphatic heterocycles. The number of hydrogen-bond acceptors (Lipinski definition) is 5. The predicted molar refractivity (Wildman–Crippen MR) is 100 cm³/mol. The quantitative estimate of drug-likeness (QED) is 0.885. The lowest BCUT2D eigenvalue weighted by Gasteiger charge is -2.34. The Labute approximate surface area is 152 Å². The molecule has 1 spiro atoms. The van der Waals surface area contributed by atoms with Crippen LogP contribution in [0.5, 0.6) is 0 Å². The summed E-state index contributed by atoms with van der Waals surface area (Å²) in [7, 11) is 0. The number of fused-ring (bicyclic) bond motifs is 1. The van der Waals surface area contributed by atoms with Crippen LogP contribution < -0.4 is 10.5 Å². The molecular weight excluding hydrogens is 328 g/mol. The van der Waals surface area contributed by atoms with E-state index >= 15 is 0 Å². The number of nitriles is 1.